The minimum absolute atomic E-state index is 0.0621. The minimum atomic E-state index is -0.159. The maximum absolute atomic E-state index is 11.5. The highest BCUT2D eigenvalue weighted by molar-refractivity contribution is 5.73. The standard InChI is InChI=1S/C14H23N3O2/c1-4-5-8-16-14(18)17-10-12-7-6-9-15-13(12)19-11(2)3/h6-7,9,11H,4-5,8,10H2,1-3H3,(H2,16,17,18). The molecule has 106 valence electrons. The van der Waals surface area contributed by atoms with Crippen LogP contribution in [-0.2, 0) is 6.54 Å². The summed E-state index contributed by atoms with van der Waals surface area (Å²) in [7, 11) is 0. The fraction of sp³-hybridized carbons (Fsp3) is 0.571. The Hall–Kier alpha value is -1.78. The van der Waals surface area contributed by atoms with E-state index in [1.807, 2.05) is 26.0 Å². The molecule has 0 aliphatic carbocycles. The molecule has 0 saturated heterocycles. The third-order valence-electron chi connectivity index (χ3n) is 2.45. The molecule has 0 radical (unpaired) electrons. The van der Waals surface area contributed by atoms with Crippen molar-refractivity contribution in [3.8, 4) is 5.88 Å². The van der Waals surface area contributed by atoms with E-state index in [4.69, 9.17) is 4.74 Å². The lowest BCUT2D eigenvalue weighted by Crippen LogP contribution is -2.35. The van der Waals surface area contributed by atoms with Crippen LogP contribution in [-0.4, -0.2) is 23.7 Å². The molecule has 5 heteroatoms. The summed E-state index contributed by atoms with van der Waals surface area (Å²) in [5.74, 6) is 0.575. The normalized spacial score (nSPS) is 10.3. The van der Waals surface area contributed by atoms with Gasteiger partial charge in [-0.1, -0.05) is 19.4 Å². The zero-order valence-corrected chi connectivity index (χ0v) is 11.9. The van der Waals surface area contributed by atoms with Gasteiger partial charge in [-0.3, -0.25) is 0 Å². The van der Waals surface area contributed by atoms with Gasteiger partial charge in [0.15, 0.2) is 0 Å². The van der Waals surface area contributed by atoms with Gasteiger partial charge < -0.3 is 15.4 Å². The van der Waals surface area contributed by atoms with Crippen molar-refractivity contribution in [2.45, 2.75) is 46.3 Å². The van der Waals surface area contributed by atoms with Crippen molar-refractivity contribution in [1.29, 1.82) is 0 Å². The van der Waals surface area contributed by atoms with Crippen molar-refractivity contribution < 1.29 is 9.53 Å². The van der Waals surface area contributed by atoms with E-state index in [0.29, 0.717) is 19.0 Å². The van der Waals surface area contributed by atoms with Gasteiger partial charge in [-0.05, 0) is 26.3 Å². The van der Waals surface area contributed by atoms with Gasteiger partial charge in [-0.2, -0.15) is 0 Å². The van der Waals surface area contributed by atoms with Crippen LogP contribution in [0.25, 0.3) is 0 Å². The van der Waals surface area contributed by atoms with Crippen molar-refractivity contribution in [2.24, 2.45) is 0 Å². The molecule has 0 unspecified atom stereocenters. The molecular formula is C14H23N3O2. The van der Waals surface area contributed by atoms with Crippen molar-refractivity contribution in [3.63, 3.8) is 0 Å². The highest BCUT2D eigenvalue weighted by Gasteiger charge is 2.07. The zero-order chi connectivity index (χ0) is 14.1. The van der Waals surface area contributed by atoms with Gasteiger partial charge in [0.25, 0.3) is 0 Å². The first kappa shape index (κ1) is 15.3. The summed E-state index contributed by atoms with van der Waals surface area (Å²) in [5.41, 5.74) is 0.877. The first-order valence-corrected chi connectivity index (χ1v) is 6.75. The van der Waals surface area contributed by atoms with Crippen LogP contribution in [0.4, 0.5) is 4.79 Å². The monoisotopic (exact) mass is 265 g/mol. The molecule has 0 aliphatic rings. The first-order chi connectivity index (χ1) is 9.13. The summed E-state index contributed by atoms with van der Waals surface area (Å²) in [6.45, 7) is 7.09. The molecule has 1 aromatic heterocycles. The third kappa shape index (κ3) is 6.08. The zero-order valence-electron chi connectivity index (χ0n) is 11.9. The fourth-order valence-electron chi connectivity index (χ4n) is 1.50. The lowest BCUT2D eigenvalue weighted by Gasteiger charge is -2.13. The molecule has 0 saturated carbocycles. The van der Waals surface area contributed by atoms with Crippen LogP contribution in [0.3, 0.4) is 0 Å². The highest BCUT2D eigenvalue weighted by atomic mass is 16.5. The van der Waals surface area contributed by atoms with Crippen molar-refractivity contribution in [1.82, 2.24) is 15.6 Å². The maximum atomic E-state index is 11.5. The van der Waals surface area contributed by atoms with Gasteiger partial charge in [0.2, 0.25) is 5.88 Å². The van der Waals surface area contributed by atoms with E-state index in [9.17, 15) is 4.79 Å². The average Bonchev–Trinajstić information content (AvgIpc) is 2.37. The van der Waals surface area contributed by atoms with Gasteiger partial charge in [0.05, 0.1) is 6.10 Å². The molecule has 2 N–H and O–H groups in total. The predicted octanol–water partition coefficient (Wildman–Crippen LogP) is 2.47. The van der Waals surface area contributed by atoms with Crippen LogP contribution >= 0.6 is 0 Å². The van der Waals surface area contributed by atoms with Crippen LogP contribution in [0.5, 0.6) is 5.88 Å². The topological polar surface area (TPSA) is 63.2 Å². The number of rotatable bonds is 7. The molecule has 0 atom stereocenters. The Kier molecular flexibility index (Phi) is 6.71. The predicted molar refractivity (Wildman–Crippen MR) is 75.1 cm³/mol. The van der Waals surface area contributed by atoms with Gasteiger partial charge in [0.1, 0.15) is 0 Å². The summed E-state index contributed by atoms with van der Waals surface area (Å²) in [6.07, 6.45) is 3.80. The number of unbranched alkanes of at least 4 members (excludes halogenated alkanes) is 1. The van der Waals surface area contributed by atoms with Crippen LogP contribution in [0.15, 0.2) is 18.3 Å². The number of hydrogen-bond acceptors (Lipinski definition) is 3. The van der Waals surface area contributed by atoms with Crippen molar-refractivity contribution >= 4 is 6.03 Å². The number of urea groups is 1. The van der Waals surface area contributed by atoms with E-state index in [1.54, 1.807) is 6.20 Å². The average molecular weight is 265 g/mol. The summed E-state index contributed by atoms with van der Waals surface area (Å²) in [4.78, 5) is 15.7. The second kappa shape index (κ2) is 8.34. The van der Waals surface area contributed by atoms with E-state index in [0.717, 1.165) is 18.4 Å². The van der Waals surface area contributed by atoms with E-state index in [2.05, 4.69) is 22.5 Å². The summed E-state index contributed by atoms with van der Waals surface area (Å²) in [5, 5.41) is 5.60. The van der Waals surface area contributed by atoms with Gasteiger partial charge in [-0.15, -0.1) is 0 Å². The Bertz CT molecular complexity index is 394. The smallest absolute Gasteiger partial charge is 0.315 e. The van der Waals surface area contributed by atoms with Crippen molar-refractivity contribution in [2.75, 3.05) is 6.54 Å². The number of hydrogen-bond donors (Lipinski definition) is 2. The Balaban J connectivity index is 2.46. The molecule has 0 aliphatic heterocycles. The van der Waals surface area contributed by atoms with E-state index in [-0.39, 0.29) is 12.1 Å². The van der Waals surface area contributed by atoms with E-state index < -0.39 is 0 Å². The number of carbonyl (C=O) groups is 1. The van der Waals surface area contributed by atoms with Crippen LogP contribution < -0.4 is 15.4 Å². The molecule has 0 bridgehead atoms. The third-order valence-corrected chi connectivity index (χ3v) is 2.45. The highest BCUT2D eigenvalue weighted by Crippen LogP contribution is 2.15. The number of nitrogens with zero attached hydrogens (tertiary/aromatic N) is 1. The van der Waals surface area contributed by atoms with Crippen molar-refractivity contribution in [3.05, 3.63) is 23.9 Å². The lowest BCUT2D eigenvalue weighted by molar-refractivity contribution is 0.228. The second-order valence-corrected chi connectivity index (χ2v) is 4.60. The van der Waals surface area contributed by atoms with Crippen LogP contribution in [0.2, 0.25) is 0 Å². The molecule has 0 fully saturated rings. The number of nitrogens with one attached hydrogen (secondary N) is 2. The molecule has 1 rings (SSSR count). The minimum Gasteiger partial charge on any atom is -0.475 e. The van der Waals surface area contributed by atoms with Gasteiger partial charge >= 0.3 is 6.03 Å². The maximum Gasteiger partial charge on any atom is 0.315 e. The van der Waals surface area contributed by atoms with E-state index >= 15 is 0 Å². The molecule has 0 spiro atoms. The summed E-state index contributed by atoms with van der Waals surface area (Å²) in [6, 6.07) is 3.57. The first-order valence-electron chi connectivity index (χ1n) is 6.75. The lowest BCUT2D eigenvalue weighted by atomic mass is 10.2. The Morgan fingerprint density at radius 1 is 1.42 bits per heavy atom. The molecule has 1 aromatic rings. The number of amides is 2. The van der Waals surface area contributed by atoms with Crippen LogP contribution in [0.1, 0.15) is 39.2 Å². The van der Waals surface area contributed by atoms with Gasteiger partial charge in [-0.25, -0.2) is 9.78 Å². The number of ether oxygens (including phenoxy) is 1. The summed E-state index contributed by atoms with van der Waals surface area (Å²) < 4.78 is 5.59. The molecule has 5 nitrogen and oxygen atoms in total. The van der Waals surface area contributed by atoms with Gasteiger partial charge in [0, 0.05) is 24.8 Å². The molecule has 1 heterocycles. The largest absolute Gasteiger partial charge is 0.475 e. The van der Waals surface area contributed by atoms with E-state index in [1.165, 1.54) is 0 Å². The number of pyridine rings is 1. The van der Waals surface area contributed by atoms with Crippen LogP contribution in [0, 0.1) is 0 Å². The Morgan fingerprint density at radius 3 is 2.89 bits per heavy atom. The molecule has 2 amide bonds. The molecule has 0 aromatic carbocycles. The molecule has 19 heavy (non-hydrogen) atoms. The SMILES string of the molecule is CCCCNC(=O)NCc1cccnc1OC(C)C. The summed E-state index contributed by atoms with van der Waals surface area (Å²) >= 11 is 0. The second-order valence-electron chi connectivity index (χ2n) is 4.60. The molecular weight excluding hydrogens is 242 g/mol. The Labute approximate surface area is 114 Å². The quantitative estimate of drug-likeness (QED) is 0.744. The fourth-order valence-corrected chi connectivity index (χ4v) is 1.50. The number of carbonyl (C=O) groups excluding carboxylic acids is 1. The number of aromatic nitrogens is 1. The Morgan fingerprint density at radius 2 is 2.21 bits per heavy atom.